The molecule has 0 aliphatic heterocycles. The van der Waals surface area contributed by atoms with E-state index in [4.69, 9.17) is 16.3 Å². The van der Waals surface area contributed by atoms with Crippen LogP contribution in [-0.4, -0.2) is 32.7 Å². The van der Waals surface area contributed by atoms with Crippen LogP contribution >= 0.6 is 11.6 Å². The summed E-state index contributed by atoms with van der Waals surface area (Å²) in [6, 6.07) is 0.151. The van der Waals surface area contributed by atoms with E-state index < -0.39 is 0 Å². The molecule has 1 fully saturated rings. The van der Waals surface area contributed by atoms with Crippen molar-refractivity contribution in [2.45, 2.75) is 37.8 Å². The molecule has 1 saturated carbocycles. The largest absolute Gasteiger partial charge is 0.381 e. The summed E-state index contributed by atoms with van der Waals surface area (Å²) in [6.45, 7) is 0. The van der Waals surface area contributed by atoms with Gasteiger partial charge in [-0.3, -0.25) is 4.57 Å². The molecule has 7 heteroatoms. The van der Waals surface area contributed by atoms with Crippen molar-refractivity contribution >= 4 is 22.8 Å². The van der Waals surface area contributed by atoms with E-state index >= 15 is 0 Å². The van der Waals surface area contributed by atoms with Crippen molar-refractivity contribution < 1.29 is 4.74 Å². The minimum absolute atomic E-state index is 0.146. The summed E-state index contributed by atoms with van der Waals surface area (Å²) in [7, 11) is 1.73. The van der Waals surface area contributed by atoms with E-state index in [2.05, 4.69) is 15.0 Å². The molecule has 2 aromatic rings. The van der Waals surface area contributed by atoms with Gasteiger partial charge in [-0.2, -0.15) is 4.98 Å². The molecule has 3 rings (SSSR count). The van der Waals surface area contributed by atoms with Crippen LogP contribution in [0.2, 0.25) is 5.28 Å². The molecule has 2 aromatic heterocycles. The van der Waals surface area contributed by atoms with Crippen LogP contribution in [0.25, 0.3) is 11.2 Å². The number of ether oxygens (including phenoxy) is 1. The highest BCUT2D eigenvalue weighted by Crippen LogP contribution is 2.30. The molecule has 0 aromatic carbocycles. The fourth-order valence-corrected chi connectivity index (χ4v) is 2.90. The standard InChI is InChI=1S/C12H15ClN4O2/c1-19-8-4-2-7(3-5-8)17-10-9(15-12(17)18)6-14-11(13)16-10/h6-8H,2-5H2,1H3,(H,15,18)/t7-,8+. The van der Waals surface area contributed by atoms with Gasteiger partial charge in [0.05, 0.1) is 12.3 Å². The summed E-state index contributed by atoms with van der Waals surface area (Å²) in [6.07, 6.45) is 5.58. The van der Waals surface area contributed by atoms with Crippen molar-refractivity contribution in [3.05, 3.63) is 22.0 Å². The number of nitrogens with one attached hydrogen (secondary N) is 1. The van der Waals surface area contributed by atoms with Gasteiger partial charge in [-0.15, -0.1) is 0 Å². The molecule has 0 unspecified atom stereocenters. The number of nitrogens with zero attached hydrogens (tertiary/aromatic N) is 3. The van der Waals surface area contributed by atoms with Crippen molar-refractivity contribution in [3.63, 3.8) is 0 Å². The number of methoxy groups -OCH3 is 1. The molecule has 0 amide bonds. The van der Waals surface area contributed by atoms with Crippen LogP contribution in [0.1, 0.15) is 31.7 Å². The minimum Gasteiger partial charge on any atom is -0.381 e. The molecule has 0 bridgehead atoms. The van der Waals surface area contributed by atoms with Crippen molar-refractivity contribution in [1.29, 1.82) is 0 Å². The van der Waals surface area contributed by atoms with E-state index in [1.165, 1.54) is 0 Å². The number of halogens is 1. The number of hydrogen-bond donors (Lipinski definition) is 1. The van der Waals surface area contributed by atoms with E-state index in [0.717, 1.165) is 25.7 Å². The lowest BCUT2D eigenvalue weighted by atomic mass is 9.93. The molecular weight excluding hydrogens is 268 g/mol. The number of fused-ring (bicyclic) bond motifs is 1. The minimum atomic E-state index is -0.146. The van der Waals surface area contributed by atoms with E-state index in [1.807, 2.05) is 0 Å². The van der Waals surface area contributed by atoms with E-state index in [1.54, 1.807) is 17.9 Å². The second-order valence-corrected chi connectivity index (χ2v) is 5.18. The third-order valence-corrected chi connectivity index (χ3v) is 3.95. The van der Waals surface area contributed by atoms with Crippen molar-refractivity contribution in [2.75, 3.05) is 7.11 Å². The van der Waals surface area contributed by atoms with Crippen LogP contribution in [0.15, 0.2) is 11.0 Å². The Morgan fingerprint density at radius 2 is 2.16 bits per heavy atom. The Kier molecular flexibility index (Phi) is 3.28. The second kappa shape index (κ2) is 4.94. The van der Waals surface area contributed by atoms with E-state index in [9.17, 15) is 4.79 Å². The van der Waals surface area contributed by atoms with Gasteiger partial charge in [0.1, 0.15) is 5.52 Å². The molecule has 0 atom stereocenters. The summed E-state index contributed by atoms with van der Waals surface area (Å²) < 4.78 is 7.05. The lowest BCUT2D eigenvalue weighted by molar-refractivity contribution is 0.0585. The summed E-state index contributed by atoms with van der Waals surface area (Å²) in [5, 5.41) is 0.158. The molecule has 2 heterocycles. The second-order valence-electron chi connectivity index (χ2n) is 4.84. The number of H-pyrrole nitrogens is 1. The van der Waals surface area contributed by atoms with Gasteiger partial charge in [0.15, 0.2) is 5.65 Å². The molecule has 0 spiro atoms. The zero-order chi connectivity index (χ0) is 13.4. The van der Waals surface area contributed by atoms with Crippen molar-refractivity contribution in [3.8, 4) is 0 Å². The maximum atomic E-state index is 12.1. The first-order valence-corrected chi connectivity index (χ1v) is 6.72. The first kappa shape index (κ1) is 12.6. The molecule has 0 saturated heterocycles. The predicted octanol–water partition coefficient (Wildman–Crippen LogP) is 1.90. The van der Waals surface area contributed by atoms with Gasteiger partial charge in [-0.1, -0.05) is 0 Å². The van der Waals surface area contributed by atoms with Gasteiger partial charge in [-0.05, 0) is 37.3 Å². The number of rotatable bonds is 2. The van der Waals surface area contributed by atoms with E-state index in [-0.39, 0.29) is 17.0 Å². The Balaban J connectivity index is 1.98. The maximum absolute atomic E-state index is 12.1. The van der Waals surface area contributed by atoms with Gasteiger partial charge in [0.2, 0.25) is 5.28 Å². The van der Waals surface area contributed by atoms with Gasteiger partial charge < -0.3 is 9.72 Å². The first-order chi connectivity index (χ1) is 9.19. The number of aromatic nitrogens is 4. The van der Waals surface area contributed by atoms with E-state index in [0.29, 0.717) is 17.3 Å². The van der Waals surface area contributed by atoms with Crippen molar-refractivity contribution in [2.24, 2.45) is 0 Å². The highest BCUT2D eigenvalue weighted by Gasteiger charge is 2.25. The normalized spacial score (nSPS) is 23.9. The Morgan fingerprint density at radius 3 is 2.84 bits per heavy atom. The van der Waals surface area contributed by atoms with Crippen LogP contribution in [0, 0.1) is 0 Å². The molecule has 1 N–H and O–H groups in total. The third-order valence-electron chi connectivity index (χ3n) is 3.77. The number of aromatic amines is 1. The summed E-state index contributed by atoms with van der Waals surface area (Å²) in [4.78, 5) is 22.9. The van der Waals surface area contributed by atoms with Crippen LogP contribution in [0.3, 0.4) is 0 Å². The lowest BCUT2D eigenvalue weighted by Gasteiger charge is -2.28. The molecule has 102 valence electrons. The molecule has 6 nitrogen and oxygen atoms in total. The Labute approximate surface area is 114 Å². The van der Waals surface area contributed by atoms with Crippen LogP contribution in [-0.2, 0) is 4.74 Å². The predicted molar refractivity (Wildman–Crippen MR) is 71.5 cm³/mol. The van der Waals surface area contributed by atoms with Crippen LogP contribution < -0.4 is 5.69 Å². The van der Waals surface area contributed by atoms with Crippen LogP contribution in [0.5, 0.6) is 0 Å². The Bertz CT molecular complexity index is 643. The Hall–Kier alpha value is -1.40. The van der Waals surface area contributed by atoms with Crippen molar-refractivity contribution in [1.82, 2.24) is 19.5 Å². The first-order valence-electron chi connectivity index (χ1n) is 6.34. The third kappa shape index (κ3) is 2.26. The maximum Gasteiger partial charge on any atom is 0.327 e. The van der Waals surface area contributed by atoms with Gasteiger partial charge in [0, 0.05) is 13.2 Å². The SMILES string of the molecule is CO[C@H]1CC[C@@H](n2c(=O)[nH]c3cnc(Cl)nc32)CC1. The monoisotopic (exact) mass is 282 g/mol. The molecule has 1 aliphatic rings. The smallest absolute Gasteiger partial charge is 0.327 e. The molecular formula is C12H15ClN4O2. The average molecular weight is 283 g/mol. The fourth-order valence-electron chi connectivity index (χ4n) is 2.77. The quantitative estimate of drug-likeness (QED) is 0.854. The van der Waals surface area contributed by atoms with Gasteiger partial charge in [-0.25, -0.2) is 9.78 Å². The van der Waals surface area contributed by atoms with Gasteiger partial charge >= 0.3 is 5.69 Å². The summed E-state index contributed by atoms with van der Waals surface area (Å²) in [5.41, 5.74) is 1.07. The zero-order valence-corrected chi connectivity index (χ0v) is 11.4. The molecule has 19 heavy (non-hydrogen) atoms. The summed E-state index contributed by atoms with van der Waals surface area (Å²) >= 11 is 5.81. The average Bonchev–Trinajstić information content (AvgIpc) is 2.74. The number of hydrogen-bond acceptors (Lipinski definition) is 4. The topological polar surface area (TPSA) is 72.8 Å². The number of imidazole rings is 1. The highest BCUT2D eigenvalue weighted by atomic mass is 35.5. The van der Waals surface area contributed by atoms with Gasteiger partial charge in [0.25, 0.3) is 0 Å². The molecule has 1 aliphatic carbocycles. The highest BCUT2D eigenvalue weighted by molar-refractivity contribution is 6.28. The Morgan fingerprint density at radius 1 is 1.42 bits per heavy atom. The zero-order valence-electron chi connectivity index (χ0n) is 10.6. The van der Waals surface area contributed by atoms with Crippen LogP contribution in [0.4, 0.5) is 0 Å². The summed E-state index contributed by atoms with van der Waals surface area (Å²) in [5.74, 6) is 0. The fraction of sp³-hybridized carbons (Fsp3) is 0.583. The lowest BCUT2D eigenvalue weighted by Crippen LogP contribution is -2.28. The molecule has 0 radical (unpaired) electrons.